The summed E-state index contributed by atoms with van der Waals surface area (Å²) in [4.78, 5) is 10.8. The first-order chi connectivity index (χ1) is 7.45. The number of carbonyl (C=O) groups is 1. The van der Waals surface area contributed by atoms with E-state index in [-0.39, 0.29) is 0 Å². The van der Waals surface area contributed by atoms with Crippen molar-refractivity contribution in [3.05, 3.63) is 35.1 Å². The lowest BCUT2D eigenvalue weighted by atomic mass is 10.1. The highest BCUT2D eigenvalue weighted by molar-refractivity contribution is 5.70. The van der Waals surface area contributed by atoms with E-state index in [1.807, 2.05) is 0 Å². The van der Waals surface area contributed by atoms with Gasteiger partial charge in [0.05, 0.1) is 25.2 Å². The van der Waals surface area contributed by atoms with Gasteiger partial charge in [0, 0.05) is 12.1 Å². The molecule has 0 radical (unpaired) electrons. The van der Waals surface area contributed by atoms with Gasteiger partial charge in [0.25, 0.3) is 0 Å². The maximum Gasteiger partial charge on any atom is 0.308 e. The van der Waals surface area contributed by atoms with Crippen LogP contribution in [0.25, 0.3) is 0 Å². The second-order valence-electron chi connectivity index (χ2n) is 3.08. The summed E-state index contributed by atoms with van der Waals surface area (Å²) in [6, 6.07) is 0.859. The molecule has 1 atom stereocenters. The third-order valence-electron chi connectivity index (χ3n) is 1.96. The highest BCUT2D eigenvalue weighted by atomic mass is 19.1. The summed E-state index contributed by atoms with van der Waals surface area (Å²) in [5, 5.41) is 9.37. The van der Waals surface area contributed by atoms with Crippen LogP contribution in [-0.2, 0) is 9.53 Å². The van der Waals surface area contributed by atoms with Gasteiger partial charge in [-0.25, -0.2) is 13.2 Å². The summed E-state index contributed by atoms with van der Waals surface area (Å²) in [6.45, 7) is 0. The van der Waals surface area contributed by atoms with Crippen LogP contribution in [0.5, 0.6) is 0 Å². The van der Waals surface area contributed by atoms with Crippen LogP contribution in [-0.4, -0.2) is 18.2 Å². The number of aliphatic hydroxyl groups excluding tert-OH is 1. The molecule has 0 bridgehead atoms. The van der Waals surface area contributed by atoms with Gasteiger partial charge in [0.2, 0.25) is 0 Å². The molecule has 6 heteroatoms. The number of carbonyl (C=O) groups excluding carboxylic acids is 1. The average Bonchev–Trinajstić information content (AvgIpc) is 2.15. The largest absolute Gasteiger partial charge is 0.469 e. The molecule has 0 heterocycles. The van der Waals surface area contributed by atoms with E-state index in [1.54, 1.807) is 0 Å². The molecular formula is C10H9F3O3. The molecule has 0 aliphatic rings. The minimum Gasteiger partial charge on any atom is -0.469 e. The summed E-state index contributed by atoms with van der Waals surface area (Å²) in [7, 11) is 1.08. The van der Waals surface area contributed by atoms with Crippen molar-refractivity contribution in [3.8, 4) is 0 Å². The molecule has 0 amide bonds. The molecule has 0 aromatic heterocycles. The van der Waals surface area contributed by atoms with E-state index in [1.165, 1.54) is 0 Å². The van der Waals surface area contributed by atoms with Crippen molar-refractivity contribution in [3.63, 3.8) is 0 Å². The topological polar surface area (TPSA) is 46.5 Å². The van der Waals surface area contributed by atoms with E-state index in [2.05, 4.69) is 4.74 Å². The molecule has 0 saturated heterocycles. The van der Waals surface area contributed by atoms with Crippen molar-refractivity contribution in [1.29, 1.82) is 0 Å². The van der Waals surface area contributed by atoms with Crippen molar-refractivity contribution in [2.24, 2.45) is 0 Å². The number of hydrogen-bond donors (Lipinski definition) is 1. The second-order valence-corrected chi connectivity index (χ2v) is 3.08. The molecule has 0 unspecified atom stereocenters. The Balaban J connectivity index is 2.99. The minimum atomic E-state index is -1.70. The van der Waals surface area contributed by atoms with Gasteiger partial charge < -0.3 is 9.84 Å². The second kappa shape index (κ2) is 4.98. The fourth-order valence-electron chi connectivity index (χ4n) is 1.21. The Morgan fingerprint density at radius 1 is 1.38 bits per heavy atom. The molecule has 1 aromatic rings. The number of rotatable bonds is 3. The van der Waals surface area contributed by atoms with Gasteiger partial charge in [-0.15, -0.1) is 0 Å². The Hall–Kier alpha value is -1.56. The number of ether oxygens (including phenoxy) is 1. The predicted molar refractivity (Wildman–Crippen MR) is 47.9 cm³/mol. The zero-order valence-corrected chi connectivity index (χ0v) is 8.34. The molecular weight excluding hydrogens is 225 g/mol. The summed E-state index contributed by atoms with van der Waals surface area (Å²) in [6.07, 6.45) is -2.30. The quantitative estimate of drug-likeness (QED) is 0.809. The number of esters is 1. The third kappa shape index (κ3) is 2.73. The molecule has 1 N–H and O–H groups in total. The van der Waals surface area contributed by atoms with Gasteiger partial charge in [0.15, 0.2) is 0 Å². The van der Waals surface area contributed by atoms with Crippen LogP contribution in [0.15, 0.2) is 12.1 Å². The first kappa shape index (κ1) is 12.5. The van der Waals surface area contributed by atoms with E-state index in [9.17, 15) is 23.1 Å². The molecule has 0 saturated carbocycles. The van der Waals surface area contributed by atoms with E-state index < -0.39 is 41.5 Å². The van der Waals surface area contributed by atoms with Crippen molar-refractivity contribution in [2.45, 2.75) is 12.5 Å². The molecule has 1 aromatic carbocycles. The third-order valence-corrected chi connectivity index (χ3v) is 1.96. The highest BCUT2D eigenvalue weighted by Crippen LogP contribution is 2.24. The molecule has 88 valence electrons. The Morgan fingerprint density at radius 2 is 1.88 bits per heavy atom. The van der Waals surface area contributed by atoms with Gasteiger partial charge in [-0.05, 0) is 0 Å². The molecule has 0 aliphatic heterocycles. The number of hydrogen-bond acceptors (Lipinski definition) is 3. The van der Waals surface area contributed by atoms with Gasteiger partial charge >= 0.3 is 5.97 Å². The zero-order valence-electron chi connectivity index (χ0n) is 8.34. The maximum absolute atomic E-state index is 13.1. The summed E-state index contributed by atoms with van der Waals surface area (Å²) in [5.41, 5.74) is -0.744. The first-order valence-corrected chi connectivity index (χ1v) is 4.35. The van der Waals surface area contributed by atoms with Crippen LogP contribution in [0.1, 0.15) is 18.1 Å². The fourth-order valence-corrected chi connectivity index (χ4v) is 1.21. The molecule has 0 fully saturated rings. The zero-order chi connectivity index (χ0) is 12.3. The van der Waals surface area contributed by atoms with E-state index >= 15 is 0 Å². The van der Waals surface area contributed by atoms with Crippen LogP contribution in [0, 0.1) is 17.5 Å². The van der Waals surface area contributed by atoms with Crippen LogP contribution >= 0.6 is 0 Å². The fraction of sp³-hybridized carbons (Fsp3) is 0.300. The predicted octanol–water partition coefficient (Wildman–Crippen LogP) is 1.70. The van der Waals surface area contributed by atoms with Crippen LogP contribution in [0.4, 0.5) is 13.2 Å². The van der Waals surface area contributed by atoms with Gasteiger partial charge in [0.1, 0.15) is 17.5 Å². The minimum absolute atomic E-state index is 0.429. The van der Waals surface area contributed by atoms with Crippen LogP contribution in [0.2, 0.25) is 0 Å². The van der Waals surface area contributed by atoms with Crippen molar-refractivity contribution in [1.82, 2.24) is 0 Å². The number of benzene rings is 1. The standard InChI is InChI=1S/C10H9F3O3/c1-16-9(15)4-8(14)10-6(12)2-5(11)3-7(10)13/h2-3,8,14H,4H2,1H3/t8-/m0/s1. The van der Waals surface area contributed by atoms with Crippen molar-refractivity contribution in [2.75, 3.05) is 7.11 Å². The summed E-state index contributed by atoms with van der Waals surface area (Å²) < 4.78 is 43.0. The summed E-state index contributed by atoms with van der Waals surface area (Å²) in [5.74, 6) is -4.40. The normalized spacial score (nSPS) is 12.3. The number of halogens is 3. The van der Waals surface area contributed by atoms with Gasteiger partial charge in [-0.3, -0.25) is 4.79 Å². The first-order valence-electron chi connectivity index (χ1n) is 4.35. The molecule has 3 nitrogen and oxygen atoms in total. The Kier molecular flexibility index (Phi) is 3.89. The maximum atomic E-state index is 13.1. The lowest BCUT2D eigenvalue weighted by Gasteiger charge is -2.11. The number of methoxy groups -OCH3 is 1. The monoisotopic (exact) mass is 234 g/mol. The van der Waals surface area contributed by atoms with Crippen LogP contribution < -0.4 is 0 Å². The van der Waals surface area contributed by atoms with Gasteiger partial charge in [-0.1, -0.05) is 0 Å². The van der Waals surface area contributed by atoms with E-state index in [0.29, 0.717) is 12.1 Å². The molecule has 1 rings (SSSR count). The smallest absolute Gasteiger partial charge is 0.308 e. The Bertz CT molecular complexity index is 383. The SMILES string of the molecule is COC(=O)C[C@H](O)c1c(F)cc(F)cc1F. The van der Waals surface area contributed by atoms with E-state index in [4.69, 9.17) is 0 Å². The van der Waals surface area contributed by atoms with Crippen LogP contribution in [0.3, 0.4) is 0 Å². The van der Waals surface area contributed by atoms with Gasteiger partial charge in [-0.2, -0.15) is 0 Å². The molecule has 0 spiro atoms. The van der Waals surface area contributed by atoms with E-state index in [0.717, 1.165) is 7.11 Å². The summed E-state index contributed by atoms with van der Waals surface area (Å²) >= 11 is 0. The average molecular weight is 234 g/mol. The van der Waals surface area contributed by atoms with Crippen molar-refractivity contribution >= 4 is 5.97 Å². The molecule has 0 aliphatic carbocycles. The Labute approximate surface area is 89.5 Å². The Morgan fingerprint density at radius 3 is 2.31 bits per heavy atom. The lowest BCUT2D eigenvalue weighted by molar-refractivity contribution is -0.142. The number of aliphatic hydroxyl groups is 1. The van der Waals surface area contributed by atoms with Crippen molar-refractivity contribution < 1.29 is 27.8 Å². The lowest BCUT2D eigenvalue weighted by Crippen LogP contribution is -2.11. The molecule has 16 heavy (non-hydrogen) atoms. The highest BCUT2D eigenvalue weighted by Gasteiger charge is 2.22.